The van der Waals surface area contributed by atoms with E-state index < -0.39 is 0 Å². The first-order valence-electron chi connectivity index (χ1n) is 5.66. The van der Waals surface area contributed by atoms with Crippen LogP contribution in [0.3, 0.4) is 0 Å². The molecule has 1 unspecified atom stereocenters. The second-order valence-electron chi connectivity index (χ2n) is 4.65. The van der Waals surface area contributed by atoms with E-state index in [1.165, 1.54) is 12.0 Å². The van der Waals surface area contributed by atoms with Crippen molar-refractivity contribution in [2.24, 2.45) is 5.92 Å². The van der Waals surface area contributed by atoms with Gasteiger partial charge in [-0.2, -0.15) is 0 Å². The number of hydrogen-bond acceptors (Lipinski definition) is 2. The zero-order chi connectivity index (χ0) is 10.8. The standard InChI is InChI=1S/C13H19NO/c1-9-5-10(2)13(15)12(6-9)7-11-3-4-14-8-11/h5-6,11,14-15H,3-4,7-8H2,1-2H3. The maximum Gasteiger partial charge on any atom is 0.121 e. The van der Waals surface area contributed by atoms with Gasteiger partial charge in [0.2, 0.25) is 0 Å². The fourth-order valence-electron chi connectivity index (χ4n) is 2.40. The van der Waals surface area contributed by atoms with Crippen molar-refractivity contribution in [3.63, 3.8) is 0 Å². The Morgan fingerprint density at radius 2 is 2.20 bits per heavy atom. The molecule has 0 saturated carbocycles. The summed E-state index contributed by atoms with van der Waals surface area (Å²) in [6, 6.07) is 4.15. The molecule has 15 heavy (non-hydrogen) atoms. The molecule has 1 fully saturated rings. The summed E-state index contributed by atoms with van der Waals surface area (Å²) >= 11 is 0. The molecule has 1 heterocycles. The first-order valence-corrected chi connectivity index (χ1v) is 5.66. The van der Waals surface area contributed by atoms with Gasteiger partial charge >= 0.3 is 0 Å². The van der Waals surface area contributed by atoms with Crippen LogP contribution in [0.1, 0.15) is 23.1 Å². The molecule has 2 rings (SSSR count). The van der Waals surface area contributed by atoms with Crippen molar-refractivity contribution in [3.8, 4) is 5.75 Å². The Morgan fingerprint density at radius 1 is 1.40 bits per heavy atom. The Labute approximate surface area is 91.3 Å². The topological polar surface area (TPSA) is 32.3 Å². The number of benzene rings is 1. The Kier molecular flexibility index (Phi) is 2.96. The molecule has 0 bridgehead atoms. The number of aryl methyl sites for hydroxylation is 2. The summed E-state index contributed by atoms with van der Waals surface area (Å²) in [5.74, 6) is 1.18. The van der Waals surface area contributed by atoms with Crippen molar-refractivity contribution in [2.45, 2.75) is 26.7 Å². The molecule has 0 aromatic heterocycles. The Hall–Kier alpha value is -1.02. The van der Waals surface area contributed by atoms with Gasteiger partial charge in [0.15, 0.2) is 0 Å². The predicted molar refractivity (Wildman–Crippen MR) is 62.3 cm³/mol. The molecule has 2 heteroatoms. The summed E-state index contributed by atoms with van der Waals surface area (Å²) in [6.07, 6.45) is 2.23. The van der Waals surface area contributed by atoms with Crippen LogP contribution in [0.2, 0.25) is 0 Å². The first kappa shape index (κ1) is 10.5. The lowest BCUT2D eigenvalue weighted by Crippen LogP contribution is -2.11. The molecule has 1 atom stereocenters. The minimum Gasteiger partial charge on any atom is -0.507 e. The van der Waals surface area contributed by atoms with E-state index in [-0.39, 0.29) is 0 Å². The molecule has 0 aliphatic carbocycles. The van der Waals surface area contributed by atoms with E-state index in [1.807, 2.05) is 13.0 Å². The van der Waals surface area contributed by atoms with Gasteiger partial charge in [0.05, 0.1) is 0 Å². The third-order valence-corrected chi connectivity index (χ3v) is 3.19. The minimum absolute atomic E-state index is 0.493. The van der Waals surface area contributed by atoms with Crippen LogP contribution in [-0.2, 0) is 6.42 Å². The number of hydrogen-bond donors (Lipinski definition) is 2. The molecule has 2 nitrogen and oxygen atoms in total. The third-order valence-electron chi connectivity index (χ3n) is 3.19. The van der Waals surface area contributed by atoms with E-state index in [2.05, 4.69) is 18.3 Å². The monoisotopic (exact) mass is 205 g/mol. The molecule has 1 aliphatic rings. The van der Waals surface area contributed by atoms with Gasteiger partial charge in [-0.05, 0) is 56.8 Å². The van der Waals surface area contributed by atoms with Crippen molar-refractivity contribution in [1.29, 1.82) is 0 Å². The molecule has 1 aliphatic heterocycles. The molecular weight excluding hydrogens is 186 g/mol. The zero-order valence-electron chi connectivity index (χ0n) is 9.51. The quantitative estimate of drug-likeness (QED) is 0.775. The minimum atomic E-state index is 0.493. The average molecular weight is 205 g/mol. The molecule has 0 radical (unpaired) electrons. The van der Waals surface area contributed by atoms with Crippen LogP contribution < -0.4 is 5.32 Å². The number of phenols is 1. The molecule has 82 valence electrons. The van der Waals surface area contributed by atoms with E-state index >= 15 is 0 Å². The normalized spacial score (nSPS) is 20.8. The van der Waals surface area contributed by atoms with Gasteiger partial charge in [0, 0.05) is 0 Å². The highest BCUT2D eigenvalue weighted by Crippen LogP contribution is 2.27. The molecule has 1 saturated heterocycles. The lowest BCUT2D eigenvalue weighted by molar-refractivity contribution is 0.455. The van der Waals surface area contributed by atoms with Crippen molar-refractivity contribution in [2.75, 3.05) is 13.1 Å². The van der Waals surface area contributed by atoms with Crippen LogP contribution in [-0.4, -0.2) is 18.2 Å². The summed E-state index contributed by atoms with van der Waals surface area (Å²) < 4.78 is 0. The Balaban J connectivity index is 2.19. The maximum atomic E-state index is 9.96. The molecular formula is C13H19NO. The van der Waals surface area contributed by atoms with Gasteiger partial charge in [0.1, 0.15) is 5.75 Å². The molecule has 1 aromatic rings. The van der Waals surface area contributed by atoms with Crippen molar-refractivity contribution < 1.29 is 5.11 Å². The smallest absolute Gasteiger partial charge is 0.121 e. The van der Waals surface area contributed by atoms with Gasteiger partial charge in [-0.25, -0.2) is 0 Å². The molecule has 2 N–H and O–H groups in total. The highest BCUT2D eigenvalue weighted by Gasteiger charge is 2.17. The average Bonchev–Trinajstić information content (AvgIpc) is 2.66. The van der Waals surface area contributed by atoms with E-state index in [1.54, 1.807) is 0 Å². The van der Waals surface area contributed by atoms with Crippen molar-refractivity contribution in [3.05, 3.63) is 28.8 Å². The fourth-order valence-corrected chi connectivity index (χ4v) is 2.40. The van der Waals surface area contributed by atoms with E-state index in [0.29, 0.717) is 11.7 Å². The second kappa shape index (κ2) is 4.23. The van der Waals surface area contributed by atoms with E-state index in [0.717, 1.165) is 30.6 Å². The summed E-state index contributed by atoms with van der Waals surface area (Å²) in [4.78, 5) is 0. The van der Waals surface area contributed by atoms with Gasteiger partial charge in [0.25, 0.3) is 0 Å². The number of rotatable bonds is 2. The van der Waals surface area contributed by atoms with Crippen molar-refractivity contribution in [1.82, 2.24) is 5.32 Å². The van der Waals surface area contributed by atoms with E-state index in [4.69, 9.17) is 0 Å². The SMILES string of the molecule is Cc1cc(C)c(O)c(CC2CCNC2)c1. The lowest BCUT2D eigenvalue weighted by atomic mass is 9.95. The zero-order valence-corrected chi connectivity index (χ0v) is 9.51. The van der Waals surface area contributed by atoms with Gasteiger partial charge in [-0.15, -0.1) is 0 Å². The van der Waals surface area contributed by atoms with Crippen LogP contribution in [0.15, 0.2) is 12.1 Å². The van der Waals surface area contributed by atoms with Gasteiger partial charge in [-0.3, -0.25) is 0 Å². The Morgan fingerprint density at radius 3 is 2.87 bits per heavy atom. The number of nitrogens with one attached hydrogen (secondary N) is 1. The summed E-state index contributed by atoms with van der Waals surface area (Å²) in [5.41, 5.74) is 3.35. The highest BCUT2D eigenvalue weighted by atomic mass is 16.3. The van der Waals surface area contributed by atoms with Crippen molar-refractivity contribution >= 4 is 0 Å². The van der Waals surface area contributed by atoms with E-state index in [9.17, 15) is 5.11 Å². The summed E-state index contributed by atoms with van der Waals surface area (Å²) in [6.45, 7) is 6.27. The Bertz CT molecular complexity index is 354. The molecule has 0 amide bonds. The molecule has 0 spiro atoms. The van der Waals surface area contributed by atoms with Crippen LogP contribution in [0, 0.1) is 19.8 Å². The number of aromatic hydroxyl groups is 1. The fraction of sp³-hybridized carbons (Fsp3) is 0.538. The largest absolute Gasteiger partial charge is 0.507 e. The van der Waals surface area contributed by atoms with Crippen LogP contribution in [0.5, 0.6) is 5.75 Å². The number of phenolic OH excluding ortho intramolecular Hbond substituents is 1. The highest BCUT2D eigenvalue weighted by molar-refractivity contribution is 5.42. The van der Waals surface area contributed by atoms with Crippen LogP contribution in [0.25, 0.3) is 0 Å². The summed E-state index contributed by atoms with van der Waals surface area (Å²) in [7, 11) is 0. The third kappa shape index (κ3) is 2.32. The van der Waals surface area contributed by atoms with Crippen LogP contribution in [0.4, 0.5) is 0 Å². The van der Waals surface area contributed by atoms with Crippen LogP contribution >= 0.6 is 0 Å². The van der Waals surface area contributed by atoms with Gasteiger partial charge < -0.3 is 10.4 Å². The predicted octanol–water partition coefficient (Wildman–Crippen LogP) is 2.16. The first-order chi connectivity index (χ1) is 7.16. The lowest BCUT2D eigenvalue weighted by Gasteiger charge is -2.12. The maximum absolute atomic E-state index is 9.96. The second-order valence-corrected chi connectivity index (χ2v) is 4.65. The van der Waals surface area contributed by atoms with Gasteiger partial charge in [-0.1, -0.05) is 17.7 Å². The summed E-state index contributed by atoms with van der Waals surface area (Å²) in [5, 5.41) is 13.3. The molecule has 1 aromatic carbocycles.